The molecule has 6 nitrogen and oxygen atoms in total. The van der Waals surface area contributed by atoms with Gasteiger partial charge in [0.2, 0.25) is 5.91 Å². The second-order valence-corrected chi connectivity index (χ2v) is 6.74. The summed E-state index contributed by atoms with van der Waals surface area (Å²) in [5.41, 5.74) is 4.20. The quantitative estimate of drug-likeness (QED) is 0.411. The SMILES string of the molecule is CCOc1cc2occ(-c3ccccc3OC)c2cc1/C(C)=C/C(=O)NCCOC. The Labute approximate surface area is 176 Å². The second-order valence-electron chi connectivity index (χ2n) is 6.74. The van der Waals surface area contributed by atoms with Crippen molar-refractivity contribution in [3.05, 3.63) is 54.3 Å². The molecule has 158 valence electrons. The minimum Gasteiger partial charge on any atom is -0.496 e. The summed E-state index contributed by atoms with van der Waals surface area (Å²) in [6.45, 7) is 5.24. The fourth-order valence-corrected chi connectivity index (χ4v) is 3.32. The third-order valence-corrected chi connectivity index (χ3v) is 4.75. The summed E-state index contributed by atoms with van der Waals surface area (Å²) in [6.07, 6.45) is 3.29. The van der Waals surface area contributed by atoms with Crippen LogP contribution in [-0.2, 0) is 9.53 Å². The van der Waals surface area contributed by atoms with Crippen LogP contribution < -0.4 is 14.8 Å². The molecule has 0 atom stereocenters. The van der Waals surface area contributed by atoms with Crippen molar-refractivity contribution in [2.75, 3.05) is 34.0 Å². The number of para-hydroxylation sites is 1. The Morgan fingerprint density at radius 3 is 2.67 bits per heavy atom. The van der Waals surface area contributed by atoms with E-state index >= 15 is 0 Å². The van der Waals surface area contributed by atoms with Gasteiger partial charge < -0.3 is 23.9 Å². The molecule has 0 spiro atoms. The number of furan rings is 1. The fraction of sp³-hybridized carbons (Fsp3) is 0.292. The van der Waals surface area contributed by atoms with Gasteiger partial charge in [0, 0.05) is 47.9 Å². The summed E-state index contributed by atoms with van der Waals surface area (Å²) in [5, 5.41) is 3.73. The number of rotatable bonds is 9. The average Bonchev–Trinajstić information content (AvgIpc) is 3.16. The summed E-state index contributed by atoms with van der Waals surface area (Å²) >= 11 is 0. The Bertz CT molecular complexity index is 1050. The maximum atomic E-state index is 12.2. The Kier molecular flexibility index (Phi) is 7.14. The van der Waals surface area contributed by atoms with Crippen LogP contribution in [0, 0.1) is 0 Å². The van der Waals surface area contributed by atoms with Crippen LogP contribution in [0.5, 0.6) is 11.5 Å². The smallest absolute Gasteiger partial charge is 0.244 e. The number of hydrogen-bond acceptors (Lipinski definition) is 5. The van der Waals surface area contributed by atoms with Gasteiger partial charge in [-0.1, -0.05) is 18.2 Å². The number of allylic oxidation sites excluding steroid dienone is 1. The van der Waals surface area contributed by atoms with Crippen molar-refractivity contribution in [3.8, 4) is 22.6 Å². The molecule has 3 aromatic rings. The van der Waals surface area contributed by atoms with Crippen LogP contribution in [0.25, 0.3) is 27.7 Å². The van der Waals surface area contributed by atoms with E-state index in [2.05, 4.69) is 5.32 Å². The van der Waals surface area contributed by atoms with Crippen molar-refractivity contribution >= 4 is 22.4 Å². The normalized spacial score (nSPS) is 11.5. The van der Waals surface area contributed by atoms with Crippen LogP contribution in [0.1, 0.15) is 19.4 Å². The standard InChI is InChI=1S/C24H27NO5/c1-5-29-22-14-23-19(13-18(22)16(2)12-24(26)25-10-11-27-3)20(15-30-23)17-8-6-7-9-21(17)28-4/h6-9,12-15H,5,10-11H2,1-4H3,(H,25,26)/b16-12+. The molecule has 1 aromatic heterocycles. The first-order chi connectivity index (χ1) is 14.6. The van der Waals surface area contributed by atoms with Gasteiger partial charge in [-0.2, -0.15) is 0 Å². The summed E-state index contributed by atoms with van der Waals surface area (Å²) in [4.78, 5) is 12.2. The lowest BCUT2D eigenvalue weighted by atomic mass is 9.98. The first kappa shape index (κ1) is 21.5. The van der Waals surface area contributed by atoms with Gasteiger partial charge in [0.1, 0.15) is 17.1 Å². The zero-order valence-electron chi connectivity index (χ0n) is 17.8. The number of fused-ring (bicyclic) bond motifs is 1. The molecule has 3 rings (SSSR count). The van der Waals surface area contributed by atoms with E-state index in [-0.39, 0.29) is 5.91 Å². The molecule has 0 bridgehead atoms. The van der Waals surface area contributed by atoms with E-state index in [1.807, 2.05) is 50.2 Å². The summed E-state index contributed by atoms with van der Waals surface area (Å²) in [5.74, 6) is 1.26. The minimum absolute atomic E-state index is 0.177. The van der Waals surface area contributed by atoms with Crippen molar-refractivity contribution in [2.24, 2.45) is 0 Å². The molecule has 1 N–H and O–H groups in total. The largest absolute Gasteiger partial charge is 0.496 e. The Balaban J connectivity index is 2.06. The Morgan fingerprint density at radius 2 is 1.93 bits per heavy atom. The van der Waals surface area contributed by atoms with E-state index < -0.39 is 0 Å². The molecule has 0 radical (unpaired) electrons. The van der Waals surface area contributed by atoms with Crippen molar-refractivity contribution < 1.29 is 23.4 Å². The molecular weight excluding hydrogens is 382 g/mol. The van der Waals surface area contributed by atoms with E-state index in [0.717, 1.165) is 33.4 Å². The third-order valence-electron chi connectivity index (χ3n) is 4.75. The van der Waals surface area contributed by atoms with Gasteiger partial charge in [-0.05, 0) is 31.6 Å². The topological polar surface area (TPSA) is 69.9 Å². The van der Waals surface area contributed by atoms with Crippen molar-refractivity contribution in [3.63, 3.8) is 0 Å². The molecule has 0 saturated heterocycles. The number of nitrogens with one attached hydrogen (secondary N) is 1. The highest BCUT2D eigenvalue weighted by Crippen LogP contribution is 2.40. The van der Waals surface area contributed by atoms with E-state index in [1.54, 1.807) is 26.6 Å². The molecule has 0 aliphatic rings. The van der Waals surface area contributed by atoms with Gasteiger partial charge in [-0.25, -0.2) is 0 Å². The average molecular weight is 409 g/mol. The zero-order valence-corrected chi connectivity index (χ0v) is 17.8. The fourth-order valence-electron chi connectivity index (χ4n) is 3.32. The highest BCUT2D eigenvalue weighted by Gasteiger charge is 2.17. The number of amides is 1. The van der Waals surface area contributed by atoms with Gasteiger partial charge in [-0.3, -0.25) is 4.79 Å². The molecule has 1 amide bonds. The van der Waals surface area contributed by atoms with Crippen LogP contribution in [0.4, 0.5) is 0 Å². The molecule has 0 aliphatic carbocycles. The number of ether oxygens (including phenoxy) is 3. The third kappa shape index (κ3) is 4.66. The van der Waals surface area contributed by atoms with Gasteiger partial charge in [-0.15, -0.1) is 0 Å². The lowest BCUT2D eigenvalue weighted by Gasteiger charge is -2.12. The minimum atomic E-state index is -0.177. The van der Waals surface area contributed by atoms with E-state index in [0.29, 0.717) is 31.1 Å². The van der Waals surface area contributed by atoms with Gasteiger partial charge >= 0.3 is 0 Å². The lowest BCUT2D eigenvalue weighted by Crippen LogP contribution is -2.25. The molecular formula is C24H27NO5. The molecule has 1 heterocycles. The summed E-state index contributed by atoms with van der Waals surface area (Å²) in [6, 6.07) is 11.7. The molecule has 2 aromatic carbocycles. The number of carbonyl (C=O) groups excluding carboxylic acids is 1. The van der Waals surface area contributed by atoms with E-state index in [9.17, 15) is 4.79 Å². The van der Waals surface area contributed by atoms with Gasteiger partial charge in [0.15, 0.2) is 0 Å². The lowest BCUT2D eigenvalue weighted by molar-refractivity contribution is -0.116. The highest BCUT2D eigenvalue weighted by atomic mass is 16.5. The van der Waals surface area contributed by atoms with Gasteiger partial charge in [0.05, 0.1) is 26.6 Å². The van der Waals surface area contributed by atoms with Crippen LogP contribution in [0.2, 0.25) is 0 Å². The monoisotopic (exact) mass is 409 g/mol. The Morgan fingerprint density at radius 1 is 1.13 bits per heavy atom. The second kappa shape index (κ2) is 9.98. The number of carbonyl (C=O) groups is 1. The maximum absolute atomic E-state index is 12.2. The van der Waals surface area contributed by atoms with E-state index in [4.69, 9.17) is 18.6 Å². The number of benzene rings is 2. The first-order valence-electron chi connectivity index (χ1n) is 9.85. The number of hydrogen-bond donors (Lipinski definition) is 1. The predicted molar refractivity (Wildman–Crippen MR) is 118 cm³/mol. The van der Waals surface area contributed by atoms with Crippen LogP contribution in [0.15, 0.2) is 53.2 Å². The summed E-state index contributed by atoms with van der Waals surface area (Å²) < 4.78 is 22.1. The zero-order chi connectivity index (χ0) is 21.5. The van der Waals surface area contributed by atoms with Crippen LogP contribution in [0.3, 0.4) is 0 Å². The summed E-state index contributed by atoms with van der Waals surface area (Å²) in [7, 11) is 3.25. The molecule has 30 heavy (non-hydrogen) atoms. The molecule has 6 heteroatoms. The molecule has 0 unspecified atom stereocenters. The highest BCUT2D eigenvalue weighted by molar-refractivity contribution is 6.01. The van der Waals surface area contributed by atoms with Crippen LogP contribution in [-0.4, -0.2) is 39.9 Å². The first-order valence-corrected chi connectivity index (χ1v) is 9.85. The van der Waals surface area contributed by atoms with Crippen LogP contribution >= 0.6 is 0 Å². The van der Waals surface area contributed by atoms with Crippen molar-refractivity contribution in [1.82, 2.24) is 5.32 Å². The maximum Gasteiger partial charge on any atom is 0.244 e. The number of methoxy groups -OCH3 is 2. The van der Waals surface area contributed by atoms with Crippen molar-refractivity contribution in [1.29, 1.82) is 0 Å². The molecule has 0 saturated carbocycles. The predicted octanol–water partition coefficient (Wildman–Crippen LogP) is 4.67. The van der Waals surface area contributed by atoms with E-state index in [1.165, 1.54) is 0 Å². The molecule has 0 aliphatic heterocycles. The van der Waals surface area contributed by atoms with Gasteiger partial charge in [0.25, 0.3) is 0 Å². The molecule has 0 fully saturated rings. The van der Waals surface area contributed by atoms with Crippen molar-refractivity contribution in [2.45, 2.75) is 13.8 Å². The Hall–Kier alpha value is -3.25.